The summed E-state index contributed by atoms with van der Waals surface area (Å²) in [5.74, 6) is -7.46. The standard InChI is InChI=1S/C21H18F5N3O3/c22-20(23,21(24,25)26)9-10-27-16(30)11-17(31)29-18-14-7-2-1-5-12(14)13-6-3-4-8-15(13)28-19(18)32/h1-8,18H,9-11H2,(H,27,30)(H,28,32)(H,29,31). The quantitative estimate of drug-likeness (QED) is 0.460. The van der Waals surface area contributed by atoms with Crippen molar-refractivity contribution in [3.05, 3.63) is 54.1 Å². The van der Waals surface area contributed by atoms with Gasteiger partial charge in [-0.05, 0) is 17.2 Å². The van der Waals surface area contributed by atoms with Crippen molar-refractivity contribution in [2.24, 2.45) is 0 Å². The van der Waals surface area contributed by atoms with Crippen molar-refractivity contribution < 1.29 is 36.3 Å². The molecule has 0 fully saturated rings. The van der Waals surface area contributed by atoms with E-state index in [0.29, 0.717) is 16.8 Å². The molecule has 3 amide bonds. The maximum absolute atomic E-state index is 12.9. The van der Waals surface area contributed by atoms with Crippen LogP contribution < -0.4 is 16.0 Å². The number of nitrogens with one attached hydrogen (secondary N) is 3. The maximum atomic E-state index is 12.9. The van der Waals surface area contributed by atoms with Gasteiger partial charge in [-0.1, -0.05) is 42.5 Å². The number of anilines is 1. The third kappa shape index (κ3) is 5.04. The van der Waals surface area contributed by atoms with Crippen molar-refractivity contribution in [1.82, 2.24) is 10.6 Å². The van der Waals surface area contributed by atoms with Gasteiger partial charge in [-0.3, -0.25) is 14.4 Å². The number of halogens is 5. The third-order valence-electron chi connectivity index (χ3n) is 4.81. The van der Waals surface area contributed by atoms with Crippen LogP contribution in [0.5, 0.6) is 0 Å². The van der Waals surface area contributed by atoms with Gasteiger partial charge in [-0.25, -0.2) is 0 Å². The average molecular weight is 455 g/mol. The highest BCUT2D eigenvalue weighted by atomic mass is 19.4. The van der Waals surface area contributed by atoms with Crippen LogP contribution in [0.25, 0.3) is 11.1 Å². The van der Waals surface area contributed by atoms with Crippen LogP contribution in [0.3, 0.4) is 0 Å². The minimum Gasteiger partial charge on any atom is -0.355 e. The highest BCUT2D eigenvalue weighted by Crippen LogP contribution is 2.38. The van der Waals surface area contributed by atoms with Gasteiger partial charge in [-0.15, -0.1) is 0 Å². The fraction of sp³-hybridized carbons (Fsp3) is 0.286. The second-order valence-electron chi connectivity index (χ2n) is 7.10. The van der Waals surface area contributed by atoms with Gasteiger partial charge in [0.25, 0.3) is 5.91 Å². The summed E-state index contributed by atoms with van der Waals surface area (Å²) in [6.07, 6.45) is -8.23. The third-order valence-corrected chi connectivity index (χ3v) is 4.81. The van der Waals surface area contributed by atoms with E-state index in [2.05, 4.69) is 10.6 Å². The molecule has 1 unspecified atom stereocenters. The largest absolute Gasteiger partial charge is 0.453 e. The first kappa shape index (κ1) is 23.2. The van der Waals surface area contributed by atoms with Gasteiger partial charge >= 0.3 is 12.1 Å². The Bertz CT molecular complexity index is 1040. The number of fused-ring (bicyclic) bond motifs is 3. The SMILES string of the molecule is O=C(CC(=O)NC1C(=O)Nc2ccccc2-c2ccccc21)NCCC(F)(F)C(F)(F)F. The number of alkyl halides is 5. The lowest BCUT2D eigenvalue weighted by atomic mass is 9.95. The zero-order valence-electron chi connectivity index (χ0n) is 16.4. The van der Waals surface area contributed by atoms with Crippen LogP contribution in [0, 0.1) is 0 Å². The Balaban J connectivity index is 1.65. The van der Waals surface area contributed by atoms with Gasteiger partial charge in [-0.2, -0.15) is 22.0 Å². The predicted molar refractivity (Wildman–Crippen MR) is 105 cm³/mol. The van der Waals surface area contributed by atoms with Crippen LogP contribution in [-0.2, 0) is 14.4 Å². The summed E-state index contributed by atoms with van der Waals surface area (Å²) in [7, 11) is 0. The minimum absolute atomic E-state index is 0.480. The molecule has 1 atom stereocenters. The second kappa shape index (κ2) is 8.93. The van der Waals surface area contributed by atoms with E-state index in [1.54, 1.807) is 48.5 Å². The Morgan fingerprint density at radius 3 is 2.22 bits per heavy atom. The van der Waals surface area contributed by atoms with Crippen LogP contribution >= 0.6 is 0 Å². The van der Waals surface area contributed by atoms with E-state index in [-0.39, 0.29) is 0 Å². The van der Waals surface area contributed by atoms with Gasteiger partial charge in [0.05, 0.1) is 0 Å². The molecule has 1 aliphatic rings. The van der Waals surface area contributed by atoms with Crippen molar-refractivity contribution in [2.75, 3.05) is 11.9 Å². The molecule has 0 saturated heterocycles. The van der Waals surface area contributed by atoms with E-state index in [9.17, 15) is 36.3 Å². The highest BCUT2D eigenvalue weighted by molar-refractivity contribution is 6.06. The molecule has 0 spiro atoms. The lowest BCUT2D eigenvalue weighted by Gasteiger charge is -2.20. The fourth-order valence-electron chi connectivity index (χ4n) is 3.23. The van der Waals surface area contributed by atoms with Crippen molar-refractivity contribution in [2.45, 2.75) is 31.0 Å². The smallest absolute Gasteiger partial charge is 0.355 e. The molecule has 3 N–H and O–H groups in total. The number of hydrogen-bond donors (Lipinski definition) is 3. The molecule has 0 saturated carbocycles. The summed E-state index contributed by atoms with van der Waals surface area (Å²) in [4.78, 5) is 36.8. The molecular weight excluding hydrogens is 437 g/mol. The highest BCUT2D eigenvalue weighted by Gasteiger charge is 2.56. The number of carbonyl (C=O) groups excluding carboxylic acids is 3. The Morgan fingerprint density at radius 2 is 1.53 bits per heavy atom. The van der Waals surface area contributed by atoms with Gasteiger partial charge in [0.2, 0.25) is 11.8 Å². The second-order valence-corrected chi connectivity index (χ2v) is 7.10. The number of hydrogen-bond acceptors (Lipinski definition) is 3. The molecule has 11 heteroatoms. The summed E-state index contributed by atoms with van der Waals surface area (Å²) < 4.78 is 62.2. The summed E-state index contributed by atoms with van der Waals surface area (Å²) >= 11 is 0. The predicted octanol–water partition coefficient (Wildman–Crippen LogP) is 3.56. The van der Waals surface area contributed by atoms with Gasteiger partial charge < -0.3 is 16.0 Å². The summed E-state index contributed by atoms with van der Waals surface area (Å²) in [5.41, 5.74) is 2.43. The number of amides is 3. The molecular formula is C21H18F5N3O3. The van der Waals surface area contributed by atoms with E-state index < -0.39 is 55.2 Å². The average Bonchev–Trinajstić information content (AvgIpc) is 2.82. The fourth-order valence-corrected chi connectivity index (χ4v) is 3.23. The van der Waals surface area contributed by atoms with E-state index >= 15 is 0 Å². The molecule has 0 radical (unpaired) electrons. The van der Waals surface area contributed by atoms with Crippen molar-refractivity contribution in [3.63, 3.8) is 0 Å². The molecule has 0 aliphatic carbocycles. The molecule has 0 aromatic heterocycles. The zero-order chi connectivity index (χ0) is 23.5. The topological polar surface area (TPSA) is 87.3 Å². The van der Waals surface area contributed by atoms with E-state index in [1.165, 1.54) is 0 Å². The Hall–Kier alpha value is -3.50. The van der Waals surface area contributed by atoms with Crippen molar-refractivity contribution in [1.29, 1.82) is 0 Å². The lowest BCUT2D eigenvalue weighted by molar-refractivity contribution is -0.283. The summed E-state index contributed by atoms with van der Waals surface area (Å²) in [6.45, 7) is -0.972. The summed E-state index contributed by atoms with van der Waals surface area (Å²) in [5, 5.41) is 6.98. The van der Waals surface area contributed by atoms with Gasteiger partial charge in [0, 0.05) is 24.2 Å². The number of benzene rings is 2. The lowest BCUT2D eigenvalue weighted by Crippen LogP contribution is -2.41. The minimum atomic E-state index is -5.73. The molecule has 170 valence electrons. The van der Waals surface area contributed by atoms with Crippen molar-refractivity contribution >= 4 is 23.4 Å². The monoisotopic (exact) mass is 455 g/mol. The van der Waals surface area contributed by atoms with Crippen LogP contribution in [0.4, 0.5) is 27.6 Å². The molecule has 2 aromatic carbocycles. The molecule has 2 aromatic rings. The first-order valence-electron chi connectivity index (χ1n) is 9.49. The van der Waals surface area contributed by atoms with Crippen LogP contribution in [0.1, 0.15) is 24.4 Å². The first-order chi connectivity index (χ1) is 15.0. The molecule has 0 bridgehead atoms. The zero-order valence-corrected chi connectivity index (χ0v) is 16.4. The maximum Gasteiger partial charge on any atom is 0.453 e. The van der Waals surface area contributed by atoms with Crippen molar-refractivity contribution in [3.8, 4) is 11.1 Å². The Labute approximate surface area is 179 Å². The van der Waals surface area contributed by atoms with E-state index in [1.807, 2.05) is 5.32 Å². The molecule has 1 aliphatic heterocycles. The molecule has 3 rings (SSSR count). The van der Waals surface area contributed by atoms with Crippen LogP contribution in [0.15, 0.2) is 48.5 Å². The Morgan fingerprint density at radius 1 is 0.906 bits per heavy atom. The van der Waals surface area contributed by atoms with Gasteiger partial charge in [0.15, 0.2) is 0 Å². The van der Waals surface area contributed by atoms with Crippen LogP contribution in [0.2, 0.25) is 0 Å². The molecule has 1 heterocycles. The normalized spacial score (nSPS) is 15.7. The molecule has 6 nitrogen and oxygen atoms in total. The van der Waals surface area contributed by atoms with E-state index in [4.69, 9.17) is 0 Å². The number of rotatable bonds is 6. The number of carbonyl (C=O) groups is 3. The first-order valence-corrected chi connectivity index (χ1v) is 9.49. The van der Waals surface area contributed by atoms with Gasteiger partial charge in [0.1, 0.15) is 12.5 Å². The molecule has 32 heavy (non-hydrogen) atoms. The summed E-state index contributed by atoms with van der Waals surface area (Å²) in [6, 6.07) is 12.7. The number of para-hydroxylation sites is 1. The van der Waals surface area contributed by atoms with E-state index in [0.717, 1.165) is 5.56 Å². The van der Waals surface area contributed by atoms with Crippen LogP contribution in [-0.4, -0.2) is 36.4 Å². The Kier molecular flexibility index (Phi) is 6.47.